The average Bonchev–Trinajstić information content (AvgIpc) is 3.40. The van der Waals surface area contributed by atoms with Crippen LogP contribution < -0.4 is 5.32 Å². The number of carboxylic acid groups (broad SMARTS) is 1. The number of imidazole rings is 1. The van der Waals surface area contributed by atoms with Gasteiger partial charge in [-0.05, 0) is 63.4 Å². The van der Waals surface area contributed by atoms with E-state index in [0.29, 0.717) is 28.9 Å². The second-order valence-electron chi connectivity index (χ2n) is 9.17. The summed E-state index contributed by atoms with van der Waals surface area (Å²) in [6, 6.07) is 8.29. The lowest BCUT2D eigenvalue weighted by Crippen LogP contribution is -2.16. The van der Waals surface area contributed by atoms with E-state index >= 15 is 0 Å². The molecule has 0 atom stereocenters. The predicted molar refractivity (Wildman–Crippen MR) is 137 cm³/mol. The largest absolute Gasteiger partial charge is 0.480 e. The summed E-state index contributed by atoms with van der Waals surface area (Å²) in [5.41, 5.74) is 2.97. The number of benzene rings is 1. The van der Waals surface area contributed by atoms with Crippen molar-refractivity contribution in [3.63, 3.8) is 0 Å². The van der Waals surface area contributed by atoms with Gasteiger partial charge in [0.25, 0.3) is 5.91 Å². The third-order valence-corrected chi connectivity index (χ3v) is 5.89. The van der Waals surface area contributed by atoms with Gasteiger partial charge in [0.15, 0.2) is 5.82 Å². The van der Waals surface area contributed by atoms with Crippen molar-refractivity contribution in [1.29, 1.82) is 0 Å². The molecular formula is C26H28FN7O4. The van der Waals surface area contributed by atoms with Crippen LogP contribution in [0.2, 0.25) is 0 Å². The molecule has 4 aromatic rings. The molecule has 1 aromatic carbocycles. The number of carbonyl (C=O) groups is 2. The molecule has 1 fully saturated rings. The number of carbonyl (C=O) groups excluding carboxylic acids is 1. The minimum absolute atomic E-state index is 0.0603. The number of hydrogen-bond acceptors (Lipinski definition) is 7. The van der Waals surface area contributed by atoms with E-state index in [0.717, 1.165) is 24.1 Å². The maximum absolute atomic E-state index is 14.8. The average molecular weight is 522 g/mol. The van der Waals surface area contributed by atoms with Crippen molar-refractivity contribution in [2.24, 2.45) is 0 Å². The van der Waals surface area contributed by atoms with Crippen molar-refractivity contribution < 1.29 is 24.2 Å². The van der Waals surface area contributed by atoms with Crippen molar-refractivity contribution in [3.05, 3.63) is 71.8 Å². The van der Waals surface area contributed by atoms with Crippen molar-refractivity contribution >= 4 is 17.7 Å². The highest BCUT2D eigenvalue weighted by molar-refractivity contribution is 6.04. The van der Waals surface area contributed by atoms with Gasteiger partial charge in [-0.1, -0.05) is 6.07 Å². The third kappa shape index (κ3) is 6.09. The maximum Gasteiger partial charge on any atom is 0.329 e. The highest BCUT2D eigenvalue weighted by atomic mass is 19.1. The number of aryl methyl sites for hydroxylation is 1. The van der Waals surface area contributed by atoms with Gasteiger partial charge in [0.2, 0.25) is 0 Å². The number of rotatable bonds is 7. The van der Waals surface area contributed by atoms with E-state index in [1.165, 1.54) is 6.07 Å². The molecule has 0 spiro atoms. The van der Waals surface area contributed by atoms with Gasteiger partial charge in [0.1, 0.15) is 30.3 Å². The molecule has 38 heavy (non-hydrogen) atoms. The lowest BCUT2D eigenvalue weighted by atomic mass is 10.1. The number of carboxylic acids is 1. The number of hydrogen-bond donors (Lipinski definition) is 3. The summed E-state index contributed by atoms with van der Waals surface area (Å²) >= 11 is 0. The number of nitrogens with zero attached hydrogens (tertiary/aromatic N) is 6. The molecule has 0 saturated heterocycles. The molecule has 3 heterocycles. The zero-order valence-corrected chi connectivity index (χ0v) is 21.2. The van der Waals surface area contributed by atoms with Crippen LogP contribution in [0.15, 0.2) is 49.2 Å². The van der Waals surface area contributed by atoms with Crippen molar-refractivity contribution in [1.82, 2.24) is 29.3 Å². The predicted octanol–water partition coefficient (Wildman–Crippen LogP) is 3.75. The van der Waals surface area contributed by atoms with E-state index in [-0.39, 0.29) is 11.6 Å². The summed E-state index contributed by atoms with van der Waals surface area (Å²) < 4.78 is 18.5. The van der Waals surface area contributed by atoms with Crippen LogP contribution >= 0.6 is 0 Å². The second kappa shape index (κ2) is 11.3. The SMILES string of the molecule is Cc1cc(F)c(C(=O)Nc2cccc(-c3nncn3C(C)C)n2)cc1-n1cnc(C2CC2)c1.O=C(O)CO. The standard InChI is InChI=1S/C24H24FN7O.C2H4O3/c1-14(2)32-13-27-30-23(32)19-5-4-6-22(28-19)29-24(33)17-10-21(15(3)9-18(17)25)31-11-20(26-12-31)16-7-8-16;3-1-2(4)5/h4-6,9-14,16H,7-8H2,1-3H3,(H,28,29,33);3H,1H2,(H,4,5). The lowest BCUT2D eigenvalue weighted by Gasteiger charge is -2.12. The molecule has 0 radical (unpaired) electrons. The number of aliphatic hydroxyl groups excluding tert-OH is 1. The fraction of sp³-hybridized carbons (Fsp3) is 0.308. The van der Waals surface area contributed by atoms with E-state index in [4.69, 9.17) is 15.0 Å². The summed E-state index contributed by atoms with van der Waals surface area (Å²) in [6.07, 6.45) is 7.60. The molecule has 11 nitrogen and oxygen atoms in total. The van der Waals surface area contributed by atoms with Crippen LogP contribution in [0.1, 0.15) is 60.3 Å². The number of amides is 1. The van der Waals surface area contributed by atoms with Gasteiger partial charge in [-0.15, -0.1) is 10.2 Å². The molecule has 3 aromatic heterocycles. The normalized spacial score (nSPS) is 12.7. The van der Waals surface area contributed by atoms with E-state index in [1.807, 2.05) is 36.1 Å². The first-order valence-corrected chi connectivity index (χ1v) is 12.0. The summed E-state index contributed by atoms with van der Waals surface area (Å²) in [6.45, 7) is 5.07. The molecule has 1 amide bonds. The minimum atomic E-state index is -1.19. The molecule has 1 saturated carbocycles. The number of halogens is 1. The third-order valence-electron chi connectivity index (χ3n) is 5.89. The topological polar surface area (TPSA) is 148 Å². The lowest BCUT2D eigenvalue weighted by molar-refractivity contribution is -0.140. The summed E-state index contributed by atoms with van der Waals surface area (Å²) in [5, 5.41) is 25.8. The molecule has 0 bridgehead atoms. The highest BCUT2D eigenvalue weighted by Crippen LogP contribution is 2.39. The minimum Gasteiger partial charge on any atom is -0.480 e. The summed E-state index contributed by atoms with van der Waals surface area (Å²) in [4.78, 5) is 31.0. The van der Waals surface area contributed by atoms with Gasteiger partial charge in [-0.2, -0.15) is 0 Å². The Morgan fingerprint density at radius 2 is 1.95 bits per heavy atom. The molecule has 0 aliphatic heterocycles. The second-order valence-corrected chi connectivity index (χ2v) is 9.17. The fourth-order valence-electron chi connectivity index (χ4n) is 3.79. The molecule has 3 N–H and O–H groups in total. The zero-order chi connectivity index (χ0) is 27.4. The van der Waals surface area contributed by atoms with Crippen LogP contribution in [0.5, 0.6) is 0 Å². The van der Waals surface area contributed by atoms with Gasteiger partial charge in [0.05, 0.1) is 23.3 Å². The van der Waals surface area contributed by atoms with E-state index in [1.54, 1.807) is 36.9 Å². The summed E-state index contributed by atoms with van der Waals surface area (Å²) in [7, 11) is 0. The Morgan fingerprint density at radius 3 is 2.61 bits per heavy atom. The first kappa shape index (κ1) is 26.6. The van der Waals surface area contributed by atoms with Gasteiger partial charge in [-0.3, -0.25) is 4.79 Å². The molecule has 198 valence electrons. The van der Waals surface area contributed by atoms with Crippen molar-refractivity contribution in [3.8, 4) is 17.2 Å². The number of aromatic nitrogens is 6. The van der Waals surface area contributed by atoms with Gasteiger partial charge in [0, 0.05) is 18.2 Å². The van der Waals surface area contributed by atoms with Gasteiger partial charge < -0.3 is 24.7 Å². The molecule has 12 heteroatoms. The Kier molecular flexibility index (Phi) is 7.91. The van der Waals surface area contributed by atoms with Crippen molar-refractivity contribution in [2.45, 2.75) is 45.6 Å². The fourth-order valence-corrected chi connectivity index (χ4v) is 3.79. The van der Waals surface area contributed by atoms with Crippen LogP contribution in [0.25, 0.3) is 17.2 Å². The summed E-state index contributed by atoms with van der Waals surface area (Å²) in [5.74, 6) is -0.953. The Bertz CT molecular complexity index is 1460. The number of aliphatic hydroxyl groups is 1. The number of aliphatic carboxylic acids is 1. The van der Waals surface area contributed by atoms with Crippen LogP contribution in [0.4, 0.5) is 10.2 Å². The van der Waals surface area contributed by atoms with E-state index < -0.39 is 24.3 Å². The van der Waals surface area contributed by atoms with Crippen LogP contribution in [0, 0.1) is 12.7 Å². The van der Waals surface area contributed by atoms with Crippen LogP contribution in [-0.4, -0.2) is 58.0 Å². The smallest absolute Gasteiger partial charge is 0.329 e. The Labute approximate surface area is 218 Å². The maximum atomic E-state index is 14.8. The molecule has 1 aliphatic rings. The quantitative estimate of drug-likeness (QED) is 0.333. The Morgan fingerprint density at radius 1 is 1.21 bits per heavy atom. The van der Waals surface area contributed by atoms with Crippen LogP contribution in [0.3, 0.4) is 0 Å². The molecular weight excluding hydrogens is 493 g/mol. The molecule has 0 unspecified atom stereocenters. The number of nitrogens with one attached hydrogen (secondary N) is 1. The van der Waals surface area contributed by atoms with Gasteiger partial charge >= 0.3 is 5.97 Å². The first-order valence-electron chi connectivity index (χ1n) is 12.0. The van der Waals surface area contributed by atoms with E-state index in [2.05, 4.69) is 25.5 Å². The van der Waals surface area contributed by atoms with E-state index in [9.17, 15) is 9.18 Å². The Balaban J connectivity index is 0.000000617. The molecule has 1 aliphatic carbocycles. The van der Waals surface area contributed by atoms with Gasteiger partial charge in [-0.25, -0.2) is 19.2 Å². The van der Waals surface area contributed by atoms with Crippen LogP contribution in [-0.2, 0) is 4.79 Å². The van der Waals surface area contributed by atoms with Crippen molar-refractivity contribution in [2.75, 3.05) is 11.9 Å². The number of anilines is 1. The number of pyridine rings is 1. The monoisotopic (exact) mass is 521 g/mol. The molecule has 5 rings (SSSR count). The first-order chi connectivity index (χ1) is 18.2. The highest BCUT2D eigenvalue weighted by Gasteiger charge is 2.26. The zero-order valence-electron chi connectivity index (χ0n) is 21.2. The Hall–Kier alpha value is -4.45.